The van der Waals surface area contributed by atoms with Gasteiger partial charge in [-0.25, -0.2) is 4.39 Å². The quantitative estimate of drug-likeness (QED) is 0.884. The van der Waals surface area contributed by atoms with Crippen molar-refractivity contribution in [1.82, 2.24) is 5.32 Å². The Bertz CT molecular complexity index is 374. The lowest BCUT2D eigenvalue weighted by molar-refractivity contribution is 0.418. The highest BCUT2D eigenvalue weighted by atomic mass is 32.2. The van der Waals surface area contributed by atoms with Crippen molar-refractivity contribution in [2.75, 3.05) is 12.8 Å². The molecule has 3 heteroatoms. The molecule has 2 unspecified atom stereocenters. The summed E-state index contributed by atoms with van der Waals surface area (Å²) in [4.78, 5) is 0. The topological polar surface area (TPSA) is 12.0 Å². The van der Waals surface area contributed by atoms with Crippen molar-refractivity contribution in [3.63, 3.8) is 0 Å². The molecule has 0 radical (unpaired) electrons. The Morgan fingerprint density at radius 3 is 2.82 bits per heavy atom. The van der Waals surface area contributed by atoms with E-state index in [1.165, 1.54) is 18.6 Å². The Labute approximate surface area is 107 Å². The van der Waals surface area contributed by atoms with Crippen LogP contribution in [-0.4, -0.2) is 23.6 Å². The van der Waals surface area contributed by atoms with Crippen LogP contribution in [-0.2, 0) is 6.42 Å². The maximum atomic E-state index is 13.7. The number of benzene rings is 1. The van der Waals surface area contributed by atoms with Gasteiger partial charge in [-0.1, -0.05) is 18.2 Å². The van der Waals surface area contributed by atoms with Gasteiger partial charge in [0, 0.05) is 10.8 Å². The molecular formula is C14H20FNS. The van der Waals surface area contributed by atoms with E-state index in [1.54, 1.807) is 12.1 Å². The van der Waals surface area contributed by atoms with Crippen molar-refractivity contribution >= 4 is 11.8 Å². The first-order valence-corrected chi connectivity index (χ1v) is 7.19. The van der Waals surface area contributed by atoms with Crippen LogP contribution in [0.2, 0.25) is 0 Å². The summed E-state index contributed by atoms with van der Waals surface area (Å²) < 4.78 is 13.9. The Hall–Kier alpha value is -0.540. The average molecular weight is 253 g/mol. The molecule has 1 N–H and O–H groups in total. The van der Waals surface area contributed by atoms with Crippen LogP contribution < -0.4 is 5.32 Å². The van der Waals surface area contributed by atoms with E-state index >= 15 is 0 Å². The Morgan fingerprint density at radius 1 is 1.47 bits per heavy atom. The third-order valence-electron chi connectivity index (χ3n) is 3.72. The molecule has 0 saturated carbocycles. The van der Waals surface area contributed by atoms with Crippen LogP contribution in [0, 0.1) is 5.82 Å². The summed E-state index contributed by atoms with van der Waals surface area (Å²) in [5, 5.41) is 3.37. The van der Waals surface area contributed by atoms with E-state index < -0.39 is 0 Å². The predicted octanol–water partition coefficient (Wildman–Crippen LogP) is 3.24. The van der Waals surface area contributed by atoms with Crippen molar-refractivity contribution < 1.29 is 4.39 Å². The molecule has 94 valence electrons. The zero-order valence-electron chi connectivity index (χ0n) is 10.5. The number of thioether (sulfide) groups is 1. The standard InChI is InChI=1S/C14H20FNS/c1-14(8-5-9-17-14)13(16-2)10-11-6-3-4-7-12(11)15/h3-4,6-7,13,16H,5,8-10H2,1-2H3. The third kappa shape index (κ3) is 2.83. The molecular weight excluding hydrogens is 233 g/mol. The molecule has 0 amide bonds. The molecule has 1 heterocycles. The van der Waals surface area contributed by atoms with Crippen molar-refractivity contribution in [2.24, 2.45) is 0 Å². The van der Waals surface area contributed by atoms with Gasteiger partial charge in [0.15, 0.2) is 0 Å². The van der Waals surface area contributed by atoms with E-state index in [1.807, 2.05) is 30.9 Å². The maximum absolute atomic E-state index is 13.7. The fraction of sp³-hybridized carbons (Fsp3) is 0.571. The van der Waals surface area contributed by atoms with Gasteiger partial charge >= 0.3 is 0 Å². The Balaban J connectivity index is 2.12. The van der Waals surface area contributed by atoms with Gasteiger partial charge in [0.1, 0.15) is 5.82 Å². The molecule has 1 aromatic carbocycles. The van der Waals surface area contributed by atoms with Crippen molar-refractivity contribution in [3.8, 4) is 0 Å². The first kappa shape index (κ1) is 12.9. The van der Waals surface area contributed by atoms with Crippen molar-refractivity contribution in [3.05, 3.63) is 35.6 Å². The third-order valence-corrected chi connectivity index (χ3v) is 5.36. The summed E-state index contributed by atoms with van der Waals surface area (Å²) >= 11 is 2.02. The number of halogens is 1. The molecule has 1 nitrogen and oxygen atoms in total. The minimum Gasteiger partial charge on any atom is -0.315 e. The molecule has 1 aromatic rings. The maximum Gasteiger partial charge on any atom is 0.126 e. The van der Waals surface area contributed by atoms with Gasteiger partial charge < -0.3 is 5.32 Å². The van der Waals surface area contributed by atoms with Crippen LogP contribution >= 0.6 is 11.8 Å². The van der Waals surface area contributed by atoms with Gasteiger partial charge in [-0.3, -0.25) is 0 Å². The van der Waals surface area contributed by atoms with Gasteiger partial charge in [-0.05, 0) is 50.6 Å². The fourth-order valence-electron chi connectivity index (χ4n) is 2.58. The van der Waals surface area contributed by atoms with E-state index in [0.717, 1.165) is 12.0 Å². The number of hydrogen-bond donors (Lipinski definition) is 1. The van der Waals surface area contributed by atoms with Crippen LogP contribution in [0.3, 0.4) is 0 Å². The second-order valence-electron chi connectivity index (χ2n) is 4.90. The van der Waals surface area contributed by atoms with Crippen LogP contribution in [0.1, 0.15) is 25.3 Å². The Kier molecular flexibility index (Phi) is 4.10. The zero-order valence-corrected chi connectivity index (χ0v) is 11.3. The van der Waals surface area contributed by atoms with Crippen LogP contribution in [0.25, 0.3) is 0 Å². The van der Waals surface area contributed by atoms with Gasteiger partial charge in [-0.15, -0.1) is 0 Å². The van der Waals surface area contributed by atoms with Gasteiger partial charge in [0.2, 0.25) is 0 Å². The van der Waals surface area contributed by atoms with Gasteiger partial charge in [0.05, 0.1) is 0 Å². The second kappa shape index (κ2) is 5.40. The highest BCUT2D eigenvalue weighted by molar-refractivity contribution is 8.00. The minimum absolute atomic E-state index is 0.0839. The molecule has 0 spiro atoms. The second-order valence-corrected chi connectivity index (χ2v) is 6.53. The van der Waals surface area contributed by atoms with Crippen molar-refractivity contribution in [2.45, 2.75) is 37.0 Å². The number of nitrogens with one attached hydrogen (secondary N) is 1. The lowest BCUT2D eigenvalue weighted by Gasteiger charge is -2.33. The minimum atomic E-state index is -0.0839. The molecule has 1 aliphatic rings. The first-order chi connectivity index (χ1) is 8.15. The van der Waals surface area contributed by atoms with E-state index in [0.29, 0.717) is 6.04 Å². The SMILES string of the molecule is CNC(Cc1ccccc1F)C1(C)CCCS1. The molecule has 1 fully saturated rings. The first-order valence-electron chi connectivity index (χ1n) is 6.20. The van der Waals surface area contributed by atoms with Gasteiger partial charge in [-0.2, -0.15) is 11.8 Å². The molecule has 1 saturated heterocycles. The summed E-state index contributed by atoms with van der Waals surface area (Å²) in [6, 6.07) is 7.44. The lowest BCUT2D eigenvalue weighted by atomic mass is 9.91. The fourth-order valence-corrected chi connectivity index (χ4v) is 4.03. The van der Waals surface area contributed by atoms with E-state index in [9.17, 15) is 4.39 Å². The number of likely N-dealkylation sites (N-methyl/N-ethyl adjacent to an activating group) is 1. The lowest BCUT2D eigenvalue weighted by Crippen LogP contribution is -2.45. The molecule has 17 heavy (non-hydrogen) atoms. The molecule has 0 bridgehead atoms. The number of rotatable bonds is 4. The van der Waals surface area contributed by atoms with Gasteiger partial charge in [0.25, 0.3) is 0 Å². The highest BCUT2D eigenvalue weighted by Crippen LogP contribution is 2.41. The molecule has 2 rings (SSSR count). The smallest absolute Gasteiger partial charge is 0.126 e. The van der Waals surface area contributed by atoms with E-state index in [2.05, 4.69) is 12.2 Å². The highest BCUT2D eigenvalue weighted by Gasteiger charge is 2.37. The summed E-state index contributed by atoms with van der Waals surface area (Å²) in [5.41, 5.74) is 0.820. The monoisotopic (exact) mass is 253 g/mol. The van der Waals surface area contributed by atoms with E-state index in [4.69, 9.17) is 0 Å². The van der Waals surface area contributed by atoms with Crippen LogP contribution in [0.5, 0.6) is 0 Å². The molecule has 1 aliphatic heterocycles. The van der Waals surface area contributed by atoms with Crippen LogP contribution in [0.4, 0.5) is 4.39 Å². The summed E-state index contributed by atoms with van der Waals surface area (Å²) in [7, 11) is 1.98. The Morgan fingerprint density at radius 2 is 2.24 bits per heavy atom. The molecule has 0 aromatic heterocycles. The zero-order chi connectivity index (χ0) is 12.3. The summed E-state index contributed by atoms with van der Waals surface area (Å²) in [6.45, 7) is 2.30. The predicted molar refractivity (Wildman–Crippen MR) is 73.0 cm³/mol. The number of hydrogen-bond acceptors (Lipinski definition) is 2. The molecule has 0 aliphatic carbocycles. The summed E-state index contributed by atoms with van der Waals surface area (Å²) in [5.74, 6) is 1.14. The normalized spacial score (nSPS) is 26.1. The average Bonchev–Trinajstić information content (AvgIpc) is 2.76. The summed E-state index contributed by atoms with van der Waals surface area (Å²) in [6.07, 6.45) is 3.26. The largest absolute Gasteiger partial charge is 0.315 e. The van der Waals surface area contributed by atoms with E-state index in [-0.39, 0.29) is 10.6 Å². The van der Waals surface area contributed by atoms with Crippen LogP contribution in [0.15, 0.2) is 24.3 Å². The van der Waals surface area contributed by atoms with Crippen molar-refractivity contribution in [1.29, 1.82) is 0 Å². The molecule has 2 atom stereocenters.